The maximum atomic E-state index is 12.7. The van der Waals surface area contributed by atoms with Crippen LogP contribution in [-0.4, -0.2) is 49.5 Å². The first-order valence-electron chi connectivity index (χ1n) is 7.98. The summed E-state index contributed by atoms with van der Waals surface area (Å²) >= 11 is 0. The lowest BCUT2D eigenvalue weighted by atomic mass is 10.00. The van der Waals surface area contributed by atoms with Crippen LogP contribution in [0.2, 0.25) is 0 Å². The quantitative estimate of drug-likeness (QED) is 0.783. The smallest absolute Gasteiger partial charge is 0.179 e. The van der Waals surface area contributed by atoms with E-state index in [1.807, 2.05) is 24.3 Å². The van der Waals surface area contributed by atoms with E-state index in [2.05, 4.69) is 24.1 Å². The van der Waals surface area contributed by atoms with E-state index in [0.717, 1.165) is 50.3 Å². The number of piperazine rings is 1. The van der Waals surface area contributed by atoms with Gasteiger partial charge in [0.1, 0.15) is 5.75 Å². The fraction of sp³-hybridized carbons (Fsp3) is 0.588. The van der Waals surface area contributed by atoms with Crippen molar-refractivity contribution in [3.8, 4) is 5.75 Å². The van der Waals surface area contributed by atoms with E-state index in [1.165, 1.54) is 0 Å². The van der Waals surface area contributed by atoms with E-state index in [-0.39, 0.29) is 11.8 Å². The van der Waals surface area contributed by atoms with E-state index in [0.29, 0.717) is 6.61 Å². The van der Waals surface area contributed by atoms with Crippen LogP contribution in [0.1, 0.15) is 37.0 Å². The van der Waals surface area contributed by atoms with Crippen LogP contribution in [0.25, 0.3) is 0 Å². The third-order valence-electron chi connectivity index (χ3n) is 3.89. The molecule has 0 spiro atoms. The van der Waals surface area contributed by atoms with E-state index >= 15 is 0 Å². The number of benzene rings is 1. The Kier molecular flexibility index (Phi) is 6.21. The van der Waals surface area contributed by atoms with Crippen LogP contribution in [0.3, 0.4) is 0 Å². The summed E-state index contributed by atoms with van der Waals surface area (Å²) in [5, 5.41) is 3.33. The molecule has 1 aliphatic heterocycles. The average Bonchev–Trinajstić information content (AvgIpc) is 2.55. The lowest BCUT2D eigenvalue weighted by Gasteiger charge is -2.33. The SMILES string of the molecule is CCCOc1ccc(C(=O)C(CC)N2CCNCC2)cc1. The molecule has 1 atom stereocenters. The summed E-state index contributed by atoms with van der Waals surface area (Å²) in [5.74, 6) is 1.06. The first-order valence-corrected chi connectivity index (χ1v) is 7.98. The van der Waals surface area contributed by atoms with Crippen molar-refractivity contribution < 1.29 is 9.53 Å². The number of hydrogen-bond acceptors (Lipinski definition) is 4. The molecule has 21 heavy (non-hydrogen) atoms. The summed E-state index contributed by atoms with van der Waals surface area (Å²) in [4.78, 5) is 15.0. The van der Waals surface area contributed by atoms with Crippen molar-refractivity contribution in [2.75, 3.05) is 32.8 Å². The molecule has 0 aliphatic carbocycles. The largest absolute Gasteiger partial charge is 0.494 e. The summed E-state index contributed by atoms with van der Waals surface area (Å²) in [6.07, 6.45) is 1.84. The zero-order valence-electron chi connectivity index (χ0n) is 13.1. The molecule has 1 unspecified atom stereocenters. The molecule has 0 radical (unpaired) electrons. The van der Waals surface area contributed by atoms with Crippen molar-refractivity contribution in [1.29, 1.82) is 0 Å². The number of carbonyl (C=O) groups excluding carboxylic acids is 1. The first-order chi connectivity index (χ1) is 10.3. The summed E-state index contributed by atoms with van der Waals surface area (Å²) in [6.45, 7) is 8.71. The van der Waals surface area contributed by atoms with Crippen LogP contribution < -0.4 is 10.1 Å². The van der Waals surface area contributed by atoms with Crippen LogP contribution >= 0.6 is 0 Å². The molecular formula is C17H26N2O2. The third kappa shape index (κ3) is 4.29. The van der Waals surface area contributed by atoms with Gasteiger partial charge in [-0.25, -0.2) is 0 Å². The topological polar surface area (TPSA) is 41.6 Å². The minimum atomic E-state index is -0.00508. The molecule has 1 aromatic rings. The third-order valence-corrected chi connectivity index (χ3v) is 3.89. The Hall–Kier alpha value is -1.39. The van der Waals surface area contributed by atoms with Gasteiger partial charge in [-0.2, -0.15) is 0 Å². The Labute approximate surface area is 127 Å². The predicted octanol–water partition coefficient (Wildman–Crippen LogP) is 2.34. The lowest BCUT2D eigenvalue weighted by molar-refractivity contribution is 0.0790. The first kappa shape index (κ1) is 16.0. The minimum absolute atomic E-state index is 0.00508. The molecule has 1 heterocycles. The van der Waals surface area contributed by atoms with Gasteiger partial charge < -0.3 is 10.1 Å². The highest BCUT2D eigenvalue weighted by molar-refractivity contribution is 6.00. The lowest BCUT2D eigenvalue weighted by Crippen LogP contribution is -2.51. The van der Waals surface area contributed by atoms with Crippen molar-refractivity contribution in [3.63, 3.8) is 0 Å². The van der Waals surface area contributed by atoms with E-state index in [4.69, 9.17) is 4.74 Å². The molecular weight excluding hydrogens is 264 g/mol. The molecule has 1 saturated heterocycles. The second-order valence-corrected chi connectivity index (χ2v) is 5.45. The molecule has 1 fully saturated rings. The summed E-state index contributed by atoms with van der Waals surface area (Å²) < 4.78 is 5.56. The van der Waals surface area contributed by atoms with E-state index in [1.54, 1.807) is 0 Å². The molecule has 0 bridgehead atoms. The Morgan fingerprint density at radius 3 is 2.48 bits per heavy atom. The van der Waals surface area contributed by atoms with Crippen LogP contribution in [0.15, 0.2) is 24.3 Å². The van der Waals surface area contributed by atoms with Crippen molar-refractivity contribution in [1.82, 2.24) is 10.2 Å². The maximum Gasteiger partial charge on any atom is 0.179 e. The minimum Gasteiger partial charge on any atom is -0.494 e. The number of hydrogen-bond donors (Lipinski definition) is 1. The molecule has 1 N–H and O–H groups in total. The Balaban J connectivity index is 2.02. The van der Waals surface area contributed by atoms with Gasteiger partial charge in [-0.3, -0.25) is 9.69 Å². The maximum absolute atomic E-state index is 12.7. The molecule has 0 amide bonds. The number of rotatable bonds is 7. The van der Waals surface area contributed by atoms with Crippen LogP contribution in [0, 0.1) is 0 Å². The van der Waals surface area contributed by atoms with E-state index < -0.39 is 0 Å². The molecule has 116 valence electrons. The van der Waals surface area contributed by atoms with Crippen molar-refractivity contribution in [2.45, 2.75) is 32.7 Å². The zero-order chi connectivity index (χ0) is 15.1. The number of carbonyl (C=O) groups is 1. The second kappa shape index (κ2) is 8.15. The highest BCUT2D eigenvalue weighted by atomic mass is 16.5. The highest BCUT2D eigenvalue weighted by Crippen LogP contribution is 2.17. The molecule has 0 saturated carbocycles. The monoisotopic (exact) mass is 290 g/mol. The van der Waals surface area contributed by atoms with Gasteiger partial charge in [0.25, 0.3) is 0 Å². The molecule has 4 nitrogen and oxygen atoms in total. The number of nitrogens with zero attached hydrogens (tertiary/aromatic N) is 1. The average molecular weight is 290 g/mol. The van der Waals surface area contributed by atoms with Crippen molar-refractivity contribution in [3.05, 3.63) is 29.8 Å². The number of ether oxygens (including phenoxy) is 1. The highest BCUT2D eigenvalue weighted by Gasteiger charge is 2.26. The summed E-state index contributed by atoms with van der Waals surface area (Å²) in [6, 6.07) is 7.56. The van der Waals surface area contributed by atoms with Gasteiger partial charge in [0, 0.05) is 31.7 Å². The van der Waals surface area contributed by atoms with Gasteiger partial charge in [-0.05, 0) is 37.1 Å². The molecule has 2 rings (SSSR count). The number of nitrogens with one attached hydrogen (secondary N) is 1. The van der Waals surface area contributed by atoms with Gasteiger partial charge in [-0.15, -0.1) is 0 Å². The van der Waals surface area contributed by atoms with E-state index in [9.17, 15) is 4.79 Å². The van der Waals surface area contributed by atoms with Crippen molar-refractivity contribution >= 4 is 5.78 Å². The summed E-state index contributed by atoms with van der Waals surface area (Å²) in [5.41, 5.74) is 0.782. The summed E-state index contributed by atoms with van der Waals surface area (Å²) in [7, 11) is 0. The van der Waals surface area contributed by atoms with Crippen LogP contribution in [0.4, 0.5) is 0 Å². The Bertz CT molecular complexity index is 439. The van der Waals surface area contributed by atoms with Crippen molar-refractivity contribution in [2.24, 2.45) is 0 Å². The van der Waals surface area contributed by atoms with Crippen LogP contribution in [-0.2, 0) is 0 Å². The fourth-order valence-electron chi connectivity index (χ4n) is 2.73. The van der Waals surface area contributed by atoms with Crippen LogP contribution in [0.5, 0.6) is 5.75 Å². The molecule has 0 aromatic heterocycles. The van der Waals surface area contributed by atoms with Gasteiger partial charge in [0.15, 0.2) is 5.78 Å². The standard InChI is InChI=1S/C17H26N2O2/c1-3-13-21-15-7-5-14(6-8-15)17(20)16(4-2)19-11-9-18-10-12-19/h5-8,16,18H,3-4,9-13H2,1-2H3. The fourth-order valence-corrected chi connectivity index (χ4v) is 2.73. The zero-order valence-corrected chi connectivity index (χ0v) is 13.1. The van der Waals surface area contributed by atoms with Gasteiger partial charge in [0.2, 0.25) is 0 Å². The number of Topliss-reactive ketones (excluding diaryl/α,β-unsaturated/α-hetero) is 1. The van der Waals surface area contributed by atoms with Gasteiger partial charge >= 0.3 is 0 Å². The van der Waals surface area contributed by atoms with Gasteiger partial charge in [-0.1, -0.05) is 13.8 Å². The molecule has 1 aromatic carbocycles. The van der Waals surface area contributed by atoms with Gasteiger partial charge in [0.05, 0.1) is 12.6 Å². The Morgan fingerprint density at radius 1 is 1.24 bits per heavy atom. The molecule has 4 heteroatoms. The normalized spacial score (nSPS) is 17.4. The number of ketones is 1. The predicted molar refractivity (Wildman–Crippen MR) is 85.1 cm³/mol. The molecule has 1 aliphatic rings. The Morgan fingerprint density at radius 2 is 1.90 bits per heavy atom. The second-order valence-electron chi connectivity index (χ2n) is 5.45.